The molecule has 9 nitrogen and oxygen atoms in total. The fraction of sp³-hybridized carbons (Fsp3) is 0.273. The number of nitrogens with zero attached hydrogens (tertiary/aromatic N) is 2. The maximum atomic E-state index is 13.1. The number of rotatable bonds is 8. The van der Waals surface area contributed by atoms with Crippen LogP contribution in [0.15, 0.2) is 48.5 Å². The van der Waals surface area contributed by atoms with E-state index in [0.717, 1.165) is 0 Å². The second-order valence-electron chi connectivity index (χ2n) is 7.58. The molecule has 1 aliphatic rings. The highest BCUT2D eigenvalue weighted by atomic mass is 35.5. The second-order valence-corrected chi connectivity index (χ2v) is 8.39. The quantitative estimate of drug-likeness (QED) is 0.491. The third-order valence-electron chi connectivity index (χ3n) is 5.16. The summed E-state index contributed by atoms with van der Waals surface area (Å²) in [6, 6.07) is 12.8. The summed E-state index contributed by atoms with van der Waals surface area (Å²) >= 11 is 11.8. The molecule has 0 aromatic heterocycles. The maximum absolute atomic E-state index is 13.1. The number of hydrazine groups is 1. The van der Waals surface area contributed by atoms with Gasteiger partial charge in [0.25, 0.3) is 11.8 Å². The normalized spacial score (nSPS) is 17.8. The first-order valence-electron chi connectivity index (χ1n) is 10.1. The molecule has 5 amide bonds. The molecule has 1 heterocycles. The standard InChI is InChI=1S/C22H23Cl2N5O4/c1-3-22(14-7-5-4-6-8-14)20(32)29(21(33)26-22)27-19(31)13-28(2)12-18(30)25-15-9-10-16(23)17(24)11-15/h4-11H,3,12-13H2,1-2H3,(H,25,30)(H,26,33)(H,27,31). The predicted molar refractivity (Wildman–Crippen MR) is 125 cm³/mol. The summed E-state index contributed by atoms with van der Waals surface area (Å²) in [6.07, 6.45) is 0.308. The first-order valence-corrected chi connectivity index (χ1v) is 10.9. The number of hydrogen-bond acceptors (Lipinski definition) is 5. The van der Waals surface area contributed by atoms with E-state index in [4.69, 9.17) is 23.2 Å². The minimum atomic E-state index is -1.25. The van der Waals surface area contributed by atoms with E-state index in [1.54, 1.807) is 56.4 Å². The highest BCUT2D eigenvalue weighted by Gasteiger charge is 2.52. The van der Waals surface area contributed by atoms with Crippen molar-refractivity contribution < 1.29 is 19.2 Å². The van der Waals surface area contributed by atoms with Gasteiger partial charge in [-0.1, -0.05) is 60.5 Å². The topological polar surface area (TPSA) is 111 Å². The van der Waals surface area contributed by atoms with Crippen LogP contribution in [0.3, 0.4) is 0 Å². The number of anilines is 1. The van der Waals surface area contributed by atoms with Crippen LogP contribution in [-0.4, -0.2) is 53.8 Å². The molecule has 3 rings (SSSR count). The molecule has 0 aliphatic carbocycles. The van der Waals surface area contributed by atoms with Gasteiger partial charge in [0.2, 0.25) is 5.91 Å². The van der Waals surface area contributed by atoms with Crippen LogP contribution in [0.4, 0.5) is 10.5 Å². The van der Waals surface area contributed by atoms with Gasteiger partial charge in [0.1, 0.15) is 5.54 Å². The molecular weight excluding hydrogens is 469 g/mol. The lowest BCUT2D eigenvalue weighted by Gasteiger charge is -2.25. The molecule has 2 aromatic rings. The van der Waals surface area contributed by atoms with Gasteiger partial charge in [-0.3, -0.25) is 24.7 Å². The van der Waals surface area contributed by atoms with Gasteiger partial charge in [-0.2, -0.15) is 5.01 Å². The number of benzene rings is 2. The zero-order valence-electron chi connectivity index (χ0n) is 18.0. The molecule has 3 N–H and O–H groups in total. The Morgan fingerprint density at radius 1 is 1.03 bits per heavy atom. The summed E-state index contributed by atoms with van der Waals surface area (Å²) < 4.78 is 0. The first-order chi connectivity index (χ1) is 15.7. The number of hydrogen-bond donors (Lipinski definition) is 3. The lowest BCUT2D eigenvalue weighted by molar-refractivity contribution is -0.140. The van der Waals surface area contributed by atoms with Crippen molar-refractivity contribution in [2.75, 3.05) is 25.5 Å². The lowest BCUT2D eigenvalue weighted by atomic mass is 9.87. The molecule has 1 saturated heterocycles. The Bertz CT molecular complexity index is 1080. The molecule has 0 radical (unpaired) electrons. The molecular formula is C22H23Cl2N5O4. The molecule has 0 saturated carbocycles. The zero-order valence-corrected chi connectivity index (χ0v) is 19.5. The van der Waals surface area contributed by atoms with E-state index < -0.39 is 23.4 Å². The summed E-state index contributed by atoms with van der Waals surface area (Å²) in [4.78, 5) is 51.7. The average molecular weight is 492 g/mol. The minimum absolute atomic E-state index is 0.114. The monoisotopic (exact) mass is 491 g/mol. The van der Waals surface area contributed by atoms with Crippen molar-refractivity contribution in [3.8, 4) is 0 Å². The molecule has 2 aromatic carbocycles. The highest BCUT2D eigenvalue weighted by molar-refractivity contribution is 6.42. The summed E-state index contributed by atoms with van der Waals surface area (Å²) in [5.74, 6) is -1.58. The van der Waals surface area contributed by atoms with E-state index in [9.17, 15) is 19.2 Å². The van der Waals surface area contributed by atoms with Gasteiger partial charge in [-0.05, 0) is 37.2 Å². The summed E-state index contributed by atoms with van der Waals surface area (Å²) in [7, 11) is 1.56. The minimum Gasteiger partial charge on any atom is -0.325 e. The van der Waals surface area contributed by atoms with Crippen LogP contribution < -0.4 is 16.1 Å². The zero-order chi connectivity index (χ0) is 24.2. The van der Waals surface area contributed by atoms with Crippen LogP contribution in [0.2, 0.25) is 10.0 Å². The van der Waals surface area contributed by atoms with Gasteiger partial charge in [0.15, 0.2) is 0 Å². The highest BCUT2D eigenvalue weighted by Crippen LogP contribution is 2.31. The molecule has 1 fully saturated rings. The lowest BCUT2D eigenvalue weighted by Crippen LogP contribution is -2.51. The van der Waals surface area contributed by atoms with Crippen LogP contribution >= 0.6 is 23.2 Å². The Hall–Kier alpha value is -3.14. The third kappa shape index (κ3) is 5.44. The largest absolute Gasteiger partial charge is 0.344 e. The Kier molecular flexibility index (Phi) is 7.57. The SMILES string of the molecule is CCC1(c2ccccc2)NC(=O)N(NC(=O)CN(C)CC(=O)Nc2ccc(Cl)c(Cl)c2)C1=O. The number of carbonyl (C=O) groups is 4. The number of carbonyl (C=O) groups excluding carboxylic acids is 4. The second kappa shape index (κ2) is 10.2. The Labute approximate surface area is 201 Å². The number of nitrogens with one attached hydrogen (secondary N) is 3. The molecule has 1 unspecified atom stereocenters. The summed E-state index contributed by atoms with van der Waals surface area (Å²) in [5, 5.41) is 6.69. The Balaban J connectivity index is 1.57. The van der Waals surface area contributed by atoms with Crippen molar-refractivity contribution in [2.24, 2.45) is 0 Å². The van der Waals surface area contributed by atoms with E-state index in [1.807, 2.05) is 0 Å². The smallest absolute Gasteiger partial charge is 0.325 e. The van der Waals surface area contributed by atoms with E-state index in [1.165, 1.54) is 11.0 Å². The molecule has 33 heavy (non-hydrogen) atoms. The third-order valence-corrected chi connectivity index (χ3v) is 5.89. The van der Waals surface area contributed by atoms with Crippen molar-refractivity contribution in [1.82, 2.24) is 20.7 Å². The van der Waals surface area contributed by atoms with Crippen molar-refractivity contribution in [2.45, 2.75) is 18.9 Å². The van der Waals surface area contributed by atoms with Crippen molar-refractivity contribution >= 4 is 52.6 Å². The number of halogens is 2. The van der Waals surface area contributed by atoms with E-state index in [0.29, 0.717) is 32.7 Å². The molecule has 174 valence electrons. The molecule has 11 heteroatoms. The van der Waals surface area contributed by atoms with Gasteiger partial charge in [-0.25, -0.2) is 4.79 Å². The fourth-order valence-corrected chi connectivity index (χ4v) is 3.82. The van der Waals surface area contributed by atoms with Gasteiger partial charge < -0.3 is 10.6 Å². The van der Waals surface area contributed by atoms with Crippen LogP contribution in [0.25, 0.3) is 0 Å². The Morgan fingerprint density at radius 2 is 1.70 bits per heavy atom. The molecule has 0 bridgehead atoms. The van der Waals surface area contributed by atoms with Gasteiger partial charge in [-0.15, -0.1) is 0 Å². The van der Waals surface area contributed by atoms with E-state index >= 15 is 0 Å². The number of imide groups is 1. The van der Waals surface area contributed by atoms with Crippen LogP contribution in [-0.2, 0) is 19.9 Å². The Morgan fingerprint density at radius 3 is 2.33 bits per heavy atom. The van der Waals surface area contributed by atoms with Crippen molar-refractivity contribution in [3.63, 3.8) is 0 Å². The number of likely N-dealkylation sites (N-methyl/N-ethyl adjacent to an activating group) is 1. The van der Waals surface area contributed by atoms with Crippen LogP contribution in [0.5, 0.6) is 0 Å². The van der Waals surface area contributed by atoms with E-state index in [-0.39, 0.29) is 19.0 Å². The average Bonchev–Trinajstić information content (AvgIpc) is 3.01. The first kappa shape index (κ1) is 24.5. The van der Waals surface area contributed by atoms with Gasteiger partial charge in [0.05, 0.1) is 23.1 Å². The van der Waals surface area contributed by atoms with Crippen molar-refractivity contribution in [1.29, 1.82) is 0 Å². The van der Waals surface area contributed by atoms with Gasteiger partial charge >= 0.3 is 6.03 Å². The molecule has 1 aliphatic heterocycles. The predicted octanol–water partition coefficient (Wildman–Crippen LogP) is 2.75. The maximum Gasteiger partial charge on any atom is 0.344 e. The molecule has 0 spiro atoms. The molecule has 1 atom stereocenters. The van der Waals surface area contributed by atoms with Crippen molar-refractivity contribution in [3.05, 3.63) is 64.1 Å². The fourth-order valence-electron chi connectivity index (χ4n) is 3.52. The van der Waals surface area contributed by atoms with Gasteiger partial charge in [0, 0.05) is 5.69 Å². The summed E-state index contributed by atoms with van der Waals surface area (Å²) in [6.45, 7) is 1.43. The van der Waals surface area contributed by atoms with E-state index in [2.05, 4.69) is 16.1 Å². The summed E-state index contributed by atoms with van der Waals surface area (Å²) in [5.41, 5.74) is 2.16. The van der Waals surface area contributed by atoms with Crippen LogP contribution in [0.1, 0.15) is 18.9 Å². The van der Waals surface area contributed by atoms with Crippen LogP contribution in [0, 0.1) is 0 Å². The number of amides is 5. The number of urea groups is 1.